The largest absolute Gasteiger partial charge is 0.384 e. The second-order valence-corrected chi connectivity index (χ2v) is 3.86. The van der Waals surface area contributed by atoms with E-state index in [0.717, 1.165) is 29.8 Å². The molecule has 0 bridgehead atoms. The van der Waals surface area contributed by atoms with Crippen molar-refractivity contribution < 1.29 is 0 Å². The Labute approximate surface area is 95.1 Å². The van der Waals surface area contributed by atoms with Crippen LogP contribution in [0.15, 0.2) is 24.5 Å². The molecule has 0 unspecified atom stereocenters. The smallest absolute Gasteiger partial charge is 0.123 e. The molecule has 0 spiro atoms. The molecule has 2 aromatic heterocycles. The lowest BCUT2D eigenvalue weighted by Crippen LogP contribution is -2.02. The van der Waals surface area contributed by atoms with Gasteiger partial charge in [0.1, 0.15) is 5.82 Å². The number of pyridine rings is 1. The zero-order valence-corrected chi connectivity index (χ0v) is 9.64. The van der Waals surface area contributed by atoms with Crippen LogP contribution < -0.4 is 5.73 Å². The van der Waals surface area contributed by atoms with Crippen LogP contribution in [0, 0.1) is 6.92 Å². The van der Waals surface area contributed by atoms with Crippen LogP contribution in [0.1, 0.15) is 18.9 Å². The molecule has 0 aliphatic rings. The lowest BCUT2D eigenvalue weighted by molar-refractivity contribution is 0.608. The molecule has 0 aromatic carbocycles. The predicted octanol–water partition coefficient (Wildman–Crippen LogP) is 2.25. The molecule has 2 rings (SSSR count). The van der Waals surface area contributed by atoms with E-state index in [-0.39, 0.29) is 0 Å². The van der Waals surface area contributed by atoms with Crippen molar-refractivity contribution in [1.29, 1.82) is 0 Å². The van der Waals surface area contributed by atoms with Gasteiger partial charge in [0.15, 0.2) is 0 Å². The van der Waals surface area contributed by atoms with Crippen LogP contribution in [0.25, 0.3) is 11.3 Å². The maximum Gasteiger partial charge on any atom is 0.123 e. The molecule has 0 fully saturated rings. The van der Waals surface area contributed by atoms with E-state index in [1.165, 1.54) is 0 Å². The third kappa shape index (κ3) is 1.91. The summed E-state index contributed by atoms with van der Waals surface area (Å²) in [6.45, 7) is 5.10. The fourth-order valence-corrected chi connectivity index (χ4v) is 1.80. The van der Waals surface area contributed by atoms with Crippen molar-refractivity contribution in [2.45, 2.75) is 26.8 Å². The van der Waals surface area contributed by atoms with Crippen LogP contribution in [0.4, 0.5) is 5.82 Å². The number of nitrogens with two attached hydrogens (primary N) is 1. The number of aryl methyl sites for hydroxylation is 2. The van der Waals surface area contributed by atoms with Crippen LogP contribution in [0.5, 0.6) is 0 Å². The Morgan fingerprint density at radius 3 is 2.94 bits per heavy atom. The molecule has 0 radical (unpaired) electrons. The summed E-state index contributed by atoms with van der Waals surface area (Å²) >= 11 is 0. The normalized spacial score (nSPS) is 10.6. The van der Waals surface area contributed by atoms with Crippen LogP contribution >= 0.6 is 0 Å². The van der Waals surface area contributed by atoms with E-state index in [2.05, 4.69) is 17.0 Å². The van der Waals surface area contributed by atoms with Crippen LogP contribution in [-0.4, -0.2) is 14.8 Å². The van der Waals surface area contributed by atoms with Gasteiger partial charge in [-0.2, -0.15) is 5.10 Å². The number of aromatic nitrogens is 3. The predicted molar refractivity (Wildman–Crippen MR) is 64.9 cm³/mol. The minimum Gasteiger partial charge on any atom is -0.384 e. The molecular weight excluding hydrogens is 200 g/mol. The molecule has 0 aliphatic carbocycles. The molecule has 4 heteroatoms. The fraction of sp³-hybridized carbons (Fsp3) is 0.333. The Balaban J connectivity index is 2.46. The summed E-state index contributed by atoms with van der Waals surface area (Å²) in [7, 11) is 0. The van der Waals surface area contributed by atoms with E-state index in [9.17, 15) is 0 Å². The molecule has 84 valence electrons. The molecule has 2 N–H and O–H groups in total. The van der Waals surface area contributed by atoms with Crippen molar-refractivity contribution in [3.63, 3.8) is 0 Å². The maximum atomic E-state index is 5.64. The zero-order chi connectivity index (χ0) is 11.5. The molecule has 0 saturated heterocycles. The molecule has 16 heavy (non-hydrogen) atoms. The highest BCUT2D eigenvalue weighted by Crippen LogP contribution is 2.23. The number of nitrogen functional groups attached to an aromatic ring is 1. The summed E-state index contributed by atoms with van der Waals surface area (Å²) in [6, 6.07) is 3.90. The van der Waals surface area contributed by atoms with Crippen molar-refractivity contribution in [2.24, 2.45) is 0 Å². The average Bonchev–Trinajstić information content (AvgIpc) is 2.67. The molecule has 0 amide bonds. The Hall–Kier alpha value is -1.84. The number of nitrogens with zero attached hydrogens (tertiary/aromatic N) is 3. The van der Waals surface area contributed by atoms with Crippen molar-refractivity contribution >= 4 is 5.82 Å². The fourth-order valence-electron chi connectivity index (χ4n) is 1.80. The Morgan fingerprint density at radius 1 is 1.44 bits per heavy atom. The summed E-state index contributed by atoms with van der Waals surface area (Å²) in [5, 5.41) is 4.30. The molecular formula is C12H16N4. The van der Waals surface area contributed by atoms with Gasteiger partial charge < -0.3 is 5.73 Å². The quantitative estimate of drug-likeness (QED) is 0.856. The van der Waals surface area contributed by atoms with E-state index in [0.29, 0.717) is 5.82 Å². The van der Waals surface area contributed by atoms with E-state index in [1.807, 2.05) is 36.1 Å². The lowest BCUT2D eigenvalue weighted by atomic mass is 10.1. The van der Waals surface area contributed by atoms with Gasteiger partial charge in [-0.15, -0.1) is 0 Å². The summed E-state index contributed by atoms with van der Waals surface area (Å²) in [6.07, 6.45) is 4.70. The van der Waals surface area contributed by atoms with Crippen molar-refractivity contribution in [1.82, 2.24) is 14.8 Å². The maximum absolute atomic E-state index is 5.64. The third-order valence-corrected chi connectivity index (χ3v) is 2.56. The molecule has 2 heterocycles. The van der Waals surface area contributed by atoms with Crippen LogP contribution in [0.2, 0.25) is 0 Å². The first-order valence-corrected chi connectivity index (χ1v) is 5.46. The highest BCUT2D eigenvalue weighted by Gasteiger charge is 2.08. The minimum atomic E-state index is 0.558. The SMILES string of the molecule is CCCn1nccc1-c1cnc(N)cc1C. The van der Waals surface area contributed by atoms with Crippen LogP contribution in [0.3, 0.4) is 0 Å². The molecule has 0 saturated carbocycles. The third-order valence-electron chi connectivity index (χ3n) is 2.56. The molecule has 4 nitrogen and oxygen atoms in total. The van der Waals surface area contributed by atoms with Crippen LogP contribution in [-0.2, 0) is 6.54 Å². The standard InChI is InChI=1S/C12H16N4/c1-3-6-16-11(4-5-15-16)10-8-14-12(13)7-9(10)2/h4-5,7-8H,3,6H2,1-2H3,(H2,13,14). The van der Waals surface area contributed by atoms with Gasteiger partial charge in [-0.25, -0.2) is 4.98 Å². The van der Waals surface area contributed by atoms with Gasteiger partial charge in [0.05, 0.1) is 5.69 Å². The highest BCUT2D eigenvalue weighted by atomic mass is 15.3. The number of rotatable bonds is 3. The summed E-state index contributed by atoms with van der Waals surface area (Å²) in [5.41, 5.74) is 8.97. The average molecular weight is 216 g/mol. The van der Waals surface area contributed by atoms with Gasteiger partial charge in [0, 0.05) is 24.5 Å². The van der Waals surface area contributed by atoms with E-state index in [1.54, 1.807) is 0 Å². The van der Waals surface area contributed by atoms with Gasteiger partial charge in [-0.05, 0) is 31.0 Å². The van der Waals surface area contributed by atoms with E-state index < -0.39 is 0 Å². The van der Waals surface area contributed by atoms with Crippen molar-refractivity contribution in [2.75, 3.05) is 5.73 Å². The van der Waals surface area contributed by atoms with Gasteiger partial charge in [0.25, 0.3) is 0 Å². The Morgan fingerprint density at radius 2 is 2.25 bits per heavy atom. The summed E-state index contributed by atoms with van der Waals surface area (Å²) in [5.74, 6) is 0.558. The number of hydrogen-bond acceptors (Lipinski definition) is 3. The highest BCUT2D eigenvalue weighted by molar-refractivity contribution is 5.64. The zero-order valence-electron chi connectivity index (χ0n) is 9.64. The molecule has 0 atom stereocenters. The number of hydrogen-bond donors (Lipinski definition) is 1. The Bertz CT molecular complexity index is 488. The van der Waals surface area contributed by atoms with Gasteiger partial charge in [-0.3, -0.25) is 4.68 Å². The van der Waals surface area contributed by atoms with Gasteiger partial charge in [0.2, 0.25) is 0 Å². The van der Waals surface area contributed by atoms with E-state index in [4.69, 9.17) is 5.73 Å². The second-order valence-electron chi connectivity index (χ2n) is 3.86. The second kappa shape index (κ2) is 4.35. The first kappa shape index (κ1) is 10.7. The first-order chi connectivity index (χ1) is 7.72. The van der Waals surface area contributed by atoms with Crippen molar-refractivity contribution in [3.05, 3.63) is 30.1 Å². The summed E-state index contributed by atoms with van der Waals surface area (Å²) < 4.78 is 2.00. The van der Waals surface area contributed by atoms with Gasteiger partial charge in [-0.1, -0.05) is 6.92 Å². The van der Waals surface area contributed by atoms with Crippen molar-refractivity contribution in [3.8, 4) is 11.3 Å². The first-order valence-electron chi connectivity index (χ1n) is 5.46. The molecule has 0 aliphatic heterocycles. The van der Waals surface area contributed by atoms with Gasteiger partial charge >= 0.3 is 0 Å². The lowest BCUT2D eigenvalue weighted by Gasteiger charge is -2.08. The molecule has 2 aromatic rings. The Kier molecular flexibility index (Phi) is 2.90. The monoisotopic (exact) mass is 216 g/mol. The topological polar surface area (TPSA) is 56.7 Å². The number of anilines is 1. The van der Waals surface area contributed by atoms with E-state index >= 15 is 0 Å². The minimum absolute atomic E-state index is 0.558. The summed E-state index contributed by atoms with van der Waals surface area (Å²) in [4.78, 5) is 4.13.